The number of ether oxygens (including phenoxy) is 4. The number of alkyl halides is 2. The molecule has 0 spiro atoms. The van der Waals surface area contributed by atoms with Crippen LogP contribution < -0.4 is 0 Å². The standard InChI is InChI=1S/C30H48F2O7/c1-2-18-30(31,32)26(33)14-11-13-23-22(12-5-3-4-6-15-27(34)35)24(38-28-16-7-9-19-36-28)21-25(23)39-29-17-8-10-20-37-29/h3,5,22-25,28-29H,2,4,6-21H2,1H3,(H,34,35)/b5-3-/t22-,23-,24+,25-,28?,29?/m1/s1. The van der Waals surface area contributed by atoms with Crippen molar-refractivity contribution in [2.24, 2.45) is 11.8 Å². The molecule has 2 heterocycles. The van der Waals surface area contributed by atoms with E-state index in [2.05, 4.69) is 6.08 Å². The highest BCUT2D eigenvalue weighted by molar-refractivity contribution is 5.85. The summed E-state index contributed by atoms with van der Waals surface area (Å²) in [6.07, 6.45) is 12.5. The molecule has 224 valence electrons. The predicted octanol–water partition coefficient (Wildman–Crippen LogP) is 6.82. The maximum Gasteiger partial charge on any atom is 0.305 e. The van der Waals surface area contributed by atoms with Crippen LogP contribution in [0.1, 0.15) is 110 Å². The third kappa shape index (κ3) is 10.8. The summed E-state index contributed by atoms with van der Waals surface area (Å²) in [4.78, 5) is 23.1. The predicted molar refractivity (Wildman–Crippen MR) is 142 cm³/mol. The van der Waals surface area contributed by atoms with Gasteiger partial charge in [0.15, 0.2) is 12.6 Å². The summed E-state index contributed by atoms with van der Waals surface area (Å²) < 4.78 is 53.0. The number of carboxylic acids is 1. The van der Waals surface area contributed by atoms with Gasteiger partial charge in [-0.15, -0.1) is 0 Å². The molecule has 3 aliphatic rings. The Labute approximate surface area is 232 Å². The highest BCUT2D eigenvalue weighted by Crippen LogP contribution is 2.44. The first-order valence-electron chi connectivity index (χ1n) is 15.1. The number of Topliss-reactive ketones (excluding diaryl/α,β-unsaturated/α-hetero) is 1. The van der Waals surface area contributed by atoms with Crippen LogP contribution in [0.4, 0.5) is 8.78 Å². The molecule has 0 radical (unpaired) electrons. The van der Waals surface area contributed by atoms with E-state index in [0.717, 1.165) is 38.5 Å². The summed E-state index contributed by atoms with van der Waals surface area (Å²) in [5, 5.41) is 8.89. The lowest BCUT2D eigenvalue weighted by Crippen LogP contribution is -2.32. The van der Waals surface area contributed by atoms with Gasteiger partial charge in [0.25, 0.3) is 0 Å². The minimum Gasteiger partial charge on any atom is -0.481 e. The van der Waals surface area contributed by atoms with E-state index in [0.29, 0.717) is 51.7 Å². The number of rotatable bonds is 17. The number of aliphatic carboxylic acids is 1. The highest BCUT2D eigenvalue weighted by atomic mass is 19.3. The number of hydrogen-bond donors (Lipinski definition) is 1. The minimum absolute atomic E-state index is 0.0281. The van der Waals surface area contributed by atoms with E-state index in [1.165, 1.54) is 0 Å². The van der Waals surface area contributed by atoms with Gasteiger partial charge in [0.05, 0.1) is 12.2 Å². The van der Waals surface area contributed by atoms with E-state index in [-0.39, 0.29) is 55.9 Å². The first-order valence-corrected chi connectivity index (χ1v) is 15.1. The van der Waals surface area contributed by atoms with E-state index in [9.17, 15) is 18.4 Å². The van der Waals surface area contributed by atoms with Crippen LogP contribution in [0.5, 0.6) is 0 Å². The average Bonchev–Trinajstić information content (AvgIpc) is 3.22. The van der Waals surface area contributed by atoms with Crippen molar-refractivity contribution in [3.63, 3.8) is 0 Å². The maximum atomic E-state index is 14.2. The molecule has 6 atom stereocenters. The van der Waals surface area contributed by atoms with Crippen molar-refractivity contribution in [1.82, 2.24) is 0 Å². The molecular formula is C30H48F2O7. The summed E-state index contributed by atoms with van der Waals surface area (Å²) in [5.74, 6) is -4.94. The summed E-state index contributed by atoms with van der Waals surface area (Å²) in [6.45, 7) is 3.01. The summed E-state index contributed by atoms with van der Waals surface area (Å²) >= 11 is 0. The fourth-order valence-electron chi connectivity index (χ4n) is 6.07. The van der Waals surface area contributed by atoms with Crippen LogP contribution in [0.3, 0.4) is 0 Å². The number of carboxylic acid groups (broad SMARTS) is 1. The zero-order chi connectivity index (χ0) is 28.1. The molecule has 1 saturated carbocycles. The molecule has 3 rings (SSSR count). The van der Waals surface area contributed by atoms with Crippen LogP contribution in [0.25, 0.3) is 0 Å². The summed E-state index contributed by atoms with van der Waals surface area (Å²) in [6, 6.07) is 0. The molecule has 39 heavy (non-hydrogen) atoms. The lowest BCUT2D eigenvalue weighted by atomic mass is 9.85. The third-order valence-electron chi connectivity index (χ3n) is 8.15. The Balaban J connectivity index is 1.70. The Morgan fingerprint density at radius 3 is 2.13 bits per heavy atom. The number of carbonyl (C=O) groups is 2. The van der Waals surface area contributed by atoms with Crippen LogP contribution in [-0.4, -0.2) is 60.8 Å². The Morgan fingerprint density at radius 2 is 1.56 bits per heavy atom. The van der Waals surface area contributed by atoms with Crippen LogP contribution in [0.2, 0.25) is 0 Å². The molecule has 7 nitrogen and oxygen atoms in total. The van der Waals surface area contributed by atoms with Gasteiger partial charge in [0.2, 0.25) is 5.78 Å². The smallest absolute Gasteiger partial charge is 0.305 e. The van der Waals surface area contributed by atoms with Gasteiger partial charge < -0.3 is 24.1 Å². The lowest BCUT2D eigenvalue weighted by molar-refractivity contribution is -0.204. The topological polar surface area (TPSA) is 91.3 Å². The third-order valence-corrected chi connectivity index (χ3v) is 8.15. The molecule has 2 saturated heterocycles. The molecule has 2 unspecified atom stereocenters. The van der Waals surface area contributed by atoms with Crippen molar-refractivity contribution in [3.8, 4) is 0 Å². The van der Waals surface area contributed by atoms with Crippen LogP contribution >= 0.6 is 0 Å². The van der Waals surface area contributed by atoms with Gasteiger partial charge in [0, 0.05) is 38.9 Å². The first kappa shape index (κ1) is 32.1. The molecule has 0 amide bonds. The van der Waals surface area contributed by atoms with Crippen molar-refractivity contribution < 1.29 is 42.4 Å². The fraction of sp³-hybridized carbons (Fsp3) is 0.867. The molecule has 0 aromatic carbocycles. The highest BCUT2D eigenvalue weighted by Gasteiger charge is 2.46. The number of carbonyl (C=O) groups excluding carboxylic acids is 1. The second-order valence-corrected chi connectivity index (χ2v) is 11.3. The minimum atomic E-state index is -3.27. The number of unbranched alkanes of at least 4 members (excludes halogenated alkanes) is 1. The average molecular weight is 559 g/mol. The van der Waals surface area contributed by atoms with Crippen LogP contribution in [-0.2, 0) is 28.5 Å². The van der Waals surface area contributed by atoms with Gasteiger partial charge in [-0.05, 0) is 88.9 Å². The second-order valence-electron chi connectivity index (χ2n) is 11.3. The Morgan fingerprint density at radius 1 is 0.923 bits per heavy atom. The number of allylic oxidation sites excluding steroid dienone is 2. The molecular weight excluding hydrogens is 510 g/mol. The quantitative estimate of drug-likeness (QED) is 0.155. The fourth-order valence-corrected chi connectivity index (χ4v) is 6.07. The van der Waals surface area contributed by atoms with E-state index < -0.39 is 24.1 Å². The number of ketones is 1. The molecule has 0 aromatic rings. The van der Waals surface area contributed by atoms with Gasteiger partial charge in [-0.2, -0.15) is 8.78 Å². The Hall–Kier alpha value is -1.42. The van der Waals surface area contributed by atoms with E-state index in [1.807, 2.05) is 6.08 Å². The van der Waals surface area contributed by atoms with Gasteiger partial charge in [-0.25, -0.2) is 0 Å². The van der Waals surface area contributed by atoms with E-state index >= 15 is 0 Å². The molecule has 9 heteroatoms. The summed E-state index contributed by atoms with van der Waals surface area (Å²) in [5.41, 5.74) is 0. The molecule has 1 aliphatic carbocycles. The molecule has 0 bridgehead atoms. The second kappa shape index (κ2) is 16.7. The van der Waals surface area contributed by atoms with Crippen molar-refractivity contribution in [2.45, 2.75) is 140 Å². The van der Waals surface area contributed by atoms with Crippen molar-refractivity contribution >= 4 is 11.8 Å². The first-order chi connectivity index (χ1) is 18.8. The van der Waals surface area contributed by atoms with Crippen LogP contribution in [0, 0.1) is 11.8 Å². The van der Waals surface area contributed by atoms with Gasteiger partial charge in [-0.3, -0.25) is 9.59 Å². The van der Waals surface area contributed by atoms with Crippen molar-refractivity contribution in [3.05, 3.63) is 12.2 Å². The molecule has 0 aromatic heterocycles. The monoisotopic (exact) mass is 558 g/mol. The van der Waals surface area contributed by atoms with E-state index in [1.54, 1.807) is 6.92 Å². The largest absolute Gasteiger partial charge is 0.481 e. The normalized spacial score (nSPS) is 30.1. The van der Waals surface area contributed by atoms with Gasteiger partial charge in [-0.1, -0.05) is 19.1 Å². The SMILES string of the molecule is CCCC(F)(F)C(=O)CCC[C@@H]1[C@@H](C/C=C\CCCC(=O)O)[C@@H](OC2CCCCO2)C[C@H]1OC1CCCCO1. The molecule has 1 N–H and O–H groups in total. The number of halogens is 2. The molecule has 2 aliphatic heterocycles. The maximum absolute atomic E-state index is 14.2. The zero-order valence-electron chi connectivity index (χ0n) is 23.5. The van der Waals surface area contributed by atoms with Gasteiger partial charge in [0.1, 0.15) is 0 Å². The van der Waals surface area contributed by atoms with Crippen molar-refractivity contribution in [2.75, 3.05) is 13.2 Å². The van der Waals surface area contributed by atoms with E-state index in [4.69, 9.17) is 24.1 Å². The Kier molecular flexibility index (Phi) is 13.8. The lowest BCUT2D eigenvalue weighted by Gasteiger charge is -2.31. The zero-order valence-corrected chi connectivity index (χ0v) is 23.5. The number of hydrogen-bond acceptors (Lipinski definition) is 6. The van der Waals surface area contributed by atoms with Crippen LogP contribution in [0.15, 0.2) is 12.2 Å². The summed E-state index contributed by atoms with van der Waals surface area (Å²) in [7, 11) is 0. The Bertz CT molecular complexity index is 762. The molecule has 3 fully saturated rings. The van der Waals surface area contributed by atoms with Gasteiger partial charge >= 0.3 is 11.9 Å². The van der Waals surface area contributed by atoms with Crippen molar-refractivity contribution in [1.29, 1.82) is 0 Å².